The Morgan fingerprint density at radius 1 is 1.03 bits per heavy atom. The largest absolute Gasteiger partial charge is 0.390 e. The summed E-state index contributed by atoms with van der Waals surface area (Å²) in [5.41, 5.74) is 13.1. The Morgan fingerprint density at radius 3 is 2.31 bits per heavy atom. The van der Waals surface area contributed by atoms with Gasteiger partial charge in [0.15, 0.2) is 0 Å². The molecule has 0 radical (unpaired) electrons. The number of aryl methyl sites for hydroxylation is 3. The molecule has 1 amide bonds. The zero-order chi connectivity index (χ0) is 25.3. The normalized spacial score (nSPS) is 13.1. The lowest BCUT2D eigenvalue weighted by Crippen LogP contribution is -2.23. The molecule has 35 heavy (non-hydrogen) atoms. The van der Waals surface area contributed by atoms with Crippen LogP contribution in [0.1, 0.15) is 92.9 Å². The molecule has 1 heterocycles. The summed E-state index contributed by atoms with van der Waals surface area (Å²) in [7, 11) is 0. The number of carbonyl (C=O) groups is 1. The van der Waals surface area contributed by atoms with Crippen molar-refractivity contribution in [3.05, 3.63) is 81.2 Å². The summed E-state index contributed by atoms with van der Waals surface area (Å²) in [5, 5.41) is 3.73. The van der Waals surface area contributed by atoms with Gasteiger partial charge in [-0.15, -0.1) is 11.3 Å². The highest BCUT2D eigenvalue weighted by Crippen LogP contribution is 2.42. The lowest BCUT2D eigenvalue weighted by Gasteiger charge is -2.29. The van der Waals surface area contributed by atoms with E-state index < -0.39 is 0 Å². The molecule has 0 atom stereocenters. The monoisotopic (exact) mass is 494 g/mol. The minimum atomic E-state index is -0.0823. The molecule has 0 saturated carbocycles. The van der Waals surface area contributed by atoms with Gasteiger partial charge in [-0.25, -0.2) is 0 Å². The number of benzene rings is 2. The van der Waals surface area contributed by atoms with Crippen LogP contribution in [0.25, 0.3) is 0 Å². The second kappa shape index (κ2) is 14.1. The van der Waals surface area contributed by atoms with Crippen LogP contribution in [-0.2, 0) is 25.7 Å². The highest BCUT2D eigenvalue weighted by atomic mass is 32.1. The summed E-state index contributed by atoms with van der Waals surface area (Å²) >= 11 is 1.59. The molecule has 0 unspecified atom stereocenters. The average Bonchev–Trinajstić information content (AvgIpc) is 3.15. The molecular formula is C31H46N2OS. The minimum absolute atomic E-state index is 0. The van der Waals surface area contributed by atoms with Crippen LogP contribution in [0.3, 0.4) is 0 Å². The number of hydrogen-bond donors (Lipinski definition) is 2. The van der Waals surface area contributed by atoms with Crippen molar-refractivity contribution >= 4 is 27.9 Å². The third-order valence-electron chi connectivity index (χ3n) is 6.16. The van der Waals surface area contributed by atoms with Gasteiger partial charge in [-0.3, -0.25) is 4.79 Å². The number of nitrogen functional groups attached to an aromatic ring is 1. The van der Waals surface area contributed by atoms with Crippen molar-refractivity contribution in [2.24, 2.45) is 5.41 Å². The first kappa shape index (κ1) is 30.4. The molecule has 1 aliphatic carbocycles. The van der Waals surface area contributed by atoms with Crippen molar-refractivity contribution in [2.75, 3.05) is 11.1 Å². The van der Waals surface area contributed by atoms with Crippen molar-refractivity contribution in [3.63, 3.8) is 0 Å². The Morgan fingerprint density at radius 2 is 1.69 bits per heavy atom. The Bertz CT molecular complexity index is 1070. The van der Waals surface area contributed by atoms with Crippen LogP contribution in [0.5, 0.6) is 0 Å². The topological polar surface area (TPSA) is 55.1 Å². The van der Waals surface area contributed by atoms with Gasteiger partial charge in [0.05, 0.1) is 10.6 Å². The number of nitrogens with one attached hydrogen (secondary N) is 1. The van der Waals surface area contributed by atoms with Gasteiger partial charge in [-0.2, -0.15) is 0 Å². The second-order valence-corrected chi connectivity index (χ2v) is 10.3. The van der Waals surface area contributed by atoms with Crippen LogP contribution in [0.15, 0.2) is 48.5 Å². The highest BCUT2D eigenvalue weighted by molar-refractivity contribution is 7.16. The predicted molar refractivity (Wildman–Crippen MR) is 157 cm³/mol. The summed E-state index contributed by atoms with van der Waals surface area (Å²) in [5.74, 6) is -0.0823. The van der Waals surface area contributed by atoms with Crippen LogP contribution in [0, 0.1) is 12.3 Å². The molecule has 3 N–H and O–H groups in total. The number of thiophene rings is 1. The van der Waals surface area contributed by atoms with Crippen molar-refractivity contribution < 1.29 is 4.79 Å². The fraction of sp³-hybridized carbons (Fsp3) is 0.452. The van der Waals surface area contributed by atoms with E-state index in [9.17, 15) is 4.79 Å². The van der Waals surface area contributed by atoms with E-state index in [4.69, 9.17) is 5.73 Å². The van der Waals surface area contributed by atoms with Crippen molar-refractivity contribution in [1.82, 2.24) is 0 Å². The number of fused-ring (bicyclic) bond motifs is 1. The van der Waals surface area contributed by atoms with E-state index in [-0.39, 0.29) is 18.7 Å². The first-order chi connectivity index (χ1) is 16.3. The zero-order valence-corrected chi connectivity index (χ0v) is 22.9. The van der Waals surface area contributed by atoms with Crippen LogP contribution in [0.4, 0.5) is 10.7 Å². The van der Waals surface area contributed by atoms with Crippen molar-refractivity contribution in [1.29, 1.82) is 0 Å². The summed E-state index contributed by atoms with van der Waals surface area (Å²) in [6, 6.07) is 16.7. The first-order valence-electron chi connectivity index (χ1n) is 12.7. The molecule has 1 aliphatic rings. The zero-order valence-electron chi connectivity index (χ0n) is 22.0. The third-order valence-corrected chi connectivity index (χ3v) is 7.22. The first-order valence-corrected chi connectivity index (χ1v) is 13.5. The Balaban J connectivity index is 0.00000117. The van der Waals surface area contributed by atoms with E-state index in [1.807, 2.05) is 39.8 Å². The van der Waals surface area contributed by atoms with Gasteiger partial charge >= 0.3 is 0 Å². The minimum Gasteiger partial charge on any atom is -0.390 e. The molecule has 2 aromatic carbocycles. The summed E-state index contributed by atoms with van der Waals surface area (Å²) in [4.78, 5) is 14.3. The molecule has 4 heteroatoms. The molecule has 192 valence electrons. The van der Waals surface area contributed by atoms with E-state index in [1.54, 1.807) is 11.3 Å². The lowest BCUT2D eigenvalue weighted by molar-refractivity contribution is 0.102. The van der Waals surface area contributed by atoms with Crippen LogP contribution in [-0.4, -0.2) is 5.91 Å². The van der Waals surface area contributed by atoms with Gasteiger partial charge in [0, 0.05) is 10.6 Å². The fourth-order valence-corrected chi connectivity index (χ4v) is 5.72. The standard InChI is InChI=1S/C26H30N2OS.2C2H6.CH4/c1-17-15-20(12-11-19(17)10-9-18-7-5-4-6-8-18)28-25(29)23-21-13-14-26(2,3)16-22(21)30-24(23)27;2*1-2;/h4-8,11-12,15H,9-10,13-14,16,27H2,1-3H3,(H,28,29);2*1-2H3;1H4. The maximum absolute atomic E-state index is 13.1. The molecule has 0 fully saturated rings. The fourth-order valence-electron chi connectivity index (χ4n) is 4.35. The molecule has 3 aromatic rings. The molecule has 1 aromatic heterocycles. The smallest absolute Gasteiger partial charge is 0.258 e. The van der Waals surface area contributed by atoms with Crippen LogP contribution in [0.2, 0.25) is 0 Å². The van der Waals surface area contributed by atoms with Gasteiger partial charge in [-0.05, 0) is 78.8 Å². The Hall–Kier alpha value is -2.59. The second-order valence-electron chi connectivity index (χ2n) is 9.17. The van der Waals surface area contributed by atoms with E-state index in [0.29, 0.717) is 10.6 Å². The van der Waals surface area contributed by atoms with Crippen molar-refractivity contribution in [3.8, 4) is 0 Å². The van der Waals surface area contributed by atoms with Crippen LogP contribution >= 0.6 is 11.3 Å². The number of rotatable bonds is 5. The average molecular weight is 495 g/mol. The van der Waals surface area contributed by atoms with Gasteiger partial charge in [0.25, 0.3) is 5.91 Å². The third kappa shape index (κ3) is 7.96. The van der Waals surface area contributed by atoms with Crippen molar-refractivity contribution in [2.45, 2.75) is 88.0 Å². The number of anilines is 2. The number of amides is 1. The number of nitrogens with two attached hydrogens (primary N) is 1. The van der Waals surface area contributed by atoms with E-state index in [1.165, 1.54) is 21.6 Å². The molecule has 0 spiro atoms. The Kier molecular flexibility index (Phi) is 12.3. The predicted octanol–water partition coefficient (Wildman–Crippen LogP) is 8.88. The van der Waals surface area contributed by atoms with Gasteiger partial charge in [-0.1, -0.05) is 85.4 Å². The van der Waals surface area contributed by atoms with E-state index >= 15 is 0 Å². The van der Waals surface area contributed by atoms with Gasteiger partial charge < -0.3 is 11.1 Å². The molecule has 0 saturated heterocycles. The van der Waals surface area contributed by atoms with E-state index in [2.05, 4.69) is 62.5 Å². The maximum atomic E-state index is 13.1. The summed E-state index contributed by atoms with van der Waals surface area (Å²) < 4.78 is 0. The maximum Gasteiger partial charge on any atom is 0.258 e. The molecular weight excluding hydrogens is 448 g/mol. The van der Waals surface area contributed by atoms with E-state index in [0.717, 1.165) is 43.4 Å². The quantitative estimate of drug-likeness (QED) is 0.372. The SMILES string of the molecule is C.CC.CC.Cc1cc(NC(=O)c2c(N)sc3c2CCC(C)(C)C3)ccc1CCc1ccccc1. The molecule has 0 bridgehead atoms. The molecule has 3 nitrogen and oxygen atoms in total. The number of hydrogen-bond acceptors (Lipinski definition) is 3. The highest BCUT2D eigenvalue weighted by Gasteiger charge is 2.31. The summed E-state index contributed by atoms with van der Waals surface area (Å²) in [6.45, 7) is 14.7. The lowest BCUT2D eigenvalue weighted by atomic mass is 9.77. The molecule has 0 aliphatic heterocycles. The van der Waals surface area contributed by atoms with Gasteiger partial charge in [0.1, 0.15) is 0 Å². The molecule has 4 rings (SSSR count). The Labute approximate surface area is 218 Å². The number of carbonyl (C=O) groups excluding carboxylic acids is 1. The van der Waals surface area contributed by atoms with Gasteiger partial charge in [0.2, 0.25) is 0 Å². The van der Waals surface area contributed by atoms with Crippen LogP contribution < -0.4 is 11.1 Å². The summed E-state index contributed by atoms with van der Waals surface area (Å²) in [6.07, 6.45) is 5.02.